The number of fused-ring (bicyclic) bond motifs is 1. The molecule has 20 heavy (non-hydrogen) atoms. The van der Waals surface area contributed by atoms with Crippen molar-refractivity contribution in [3.05, 3.63) is 57.8 Å². The molecule has 3 heteroatoms. The van der Waals surface area contributed by atoms with Gasteiger partial charge < -0.3 is 5.32 Å². The zero-order chi connectivity index (χ0) is 13.8. The molecule has 0 spiro atoms. The predicted octanol–water partition coefficient (Wildman–Crippen LogP) is 3.87. The summed E-state index contributed by atoms with van der Waals surface area (Å²) in [4.78, 5) is 13.4. The molecule has 1 aromatic heterocycles. The molecule has 1 aliphatic rings. The fourth-order valence-electron chi connectivity index (χ4n) is 2.86. The minimum Gasteiger partial charge on any atom is -0.349 e. The highest BCUT2D eigenvalue weighted by Crippen LogP contribution is 2.29. The minimum atomic E-state index is 0.167. The molecule has 0 fully saturated rings. The topological polar surface area (TPSA) is 29.1 Å². The number of aryl methyl sites for hydroxylation is 2. The molecule has 0 saturated carbocycles. The Morgan fingerprint density at radius 2 is 2.15 bits per heavy atom. The highest BCUT2D eigenvalue weighted by atomic mass is 32.1. The normalized spacial score (nSPS) is 17.5. The van der Waals surface area contributed by atoms with Crippen LogP contribution >= 0.6 is 11.3 Å². The summed E-state index contributed by atoms with van der Waals surface area (Å²) in [6, 6.07) is 12.8. The summed E-state index contributed by atoms with van der Waals surface area (Å²) in [5, 5.41) is 5.26. The van der Waals surface area contributed by atoms with Crippen molar-refractivity contribution in [2.45, 2.75) is 38.1 Å². The number of benzene rings is 1. The molecule has 3 rings (SSSR count). The zero-order valence-corrected chi connectivity index (χ0v) is 12.3. The Bertz CT molecular complexity index is 576. The van der Waals surface area contributed by atoms with E-state index in [0.717, 1.165) is 25.7 Å². The molecule has 0 aliphatic heterocycles. The van der Waals surface area contributed by atoms with Gasteiger partial charge in [0.05, 0.1) is 6.04 Å². The van der Waals surface area contributed by atoms with Gasteiger partial charge in [0.25, 0.3) is 0 Å². The number of carbonyl (C=O) groups excluding carboxylic acids is 1. The number of thiophene rings is 1. The molecule has 1 N–H and O–H groups in total. The summed E-state index contributed by atoms with van der Waals surface area (Å²) >= 11 is 1.72. The smallest absolute Gasteiger partial charge is 0.220 e. The van der Waals surface area contributed by atoms with Crippen molar-refractivity contribution in [1.29, 1.82) is 0 Å². The van der Waals surface area contributed by atoms with Crippen LogP contribution in [-0.4, -0.2) is 5.91 Å². The van der Waals surface area contributed by atoms with Gasteiger partial charge >= 0.3 is 0 Å². The van der Waals surface area contributed by atoms with E-state index in [1.54, 1.807) is 11.3 Å². The van der Waals surface area contributed by atoms with Crippen LogP contribution in [0, 0.1) is 0 Å². The molecule has 0 unspecified atom stereocenters. The van der Waals surface area contributed by atoms with Gasteiger partial charge in [-0.25, -0.2) is 0 Å². The second-order valence-electron chi connectivity index (χ2n) is 5.29. The predicted molar refractivity (Wildman–Crippen MR) is 82.9 cm³/mol. The molecule has 1 atom stereocenters. The van der Waals surface area contributed by atoms with Gasteiger partial charge in [0, 0.05) is 11.3 Å². The van der Waals surface area contributed by atoms with Crippen molar-refractivity contribution in [2.24, 2.45) is 0 Å². The van der Waals surface area contributed by atoms with E-state index in [4.69, 9.17) is 0 Å². The van der Waals surface area contributed by atoms with Crippen LogP contribution in [0.15, 0.2) is 41.8 Å². The maximum Gasteiger partial charge on any atom is 0.220 e. The molecule has 1 aliphatic carbocycles. The monoisotopic (exact) mass is 285 g/mol. The Labute approximate surface area is 123 Å². The molecule has 1 heterocycles. The maximum absolute atomic E-state index is 12.1. The highest BCUT2D eigenvalue weighted by molar-refractivity contribution is 7.09. The Hall–Kier alpha value is -1.61. The first kappa shape index (κ1) is 13.4. The van der Waals surface area contributed by atoms with Gasteiger partial charge in [-0.05, 0) is 48.3 Å². The van der Waals surface area contributed by atoms with Crippen LogP contribution in [0.3, 0.4) is 0 Å². The molecule has 0 radical (unpaired) electrons. The molecule has 104 valence electrons. The van der Waals surface area contributed by atoms with Crippen molar-refractivity contribution in [1.82, 2.24) is 5.32 Å². The van der Waals surface area contributed by atoms with Gasteiger partial charge in [0.2, 0.25) is 5.91 Å². The second-order valence-corrected chi connectivity index (χ2v) is 6.32. The third kappa shape index (κ3) is 3.10. The van der Waals surface area contributed by atoms with E-state index in [1.165, 1.54) is 16.0 Å². The summed E-state index contributed by atoms with van der Waals surface area (Å²) in [5.41, 5.74) is 2.70. The number of nitrogens with one attached hydrogen (secondary N) is 1. The lowest BCUT2D eigenvalue weighted by molar-refractivity contribution is -0.121. The summed E-state index contributed by atoms with van der Waals surface area (Å²) < 4.78 is 0. The number of hydrogen-bond acceptors (Lipinski definition) is 2. The Morgan fingerprint density at radius 1 is 1.25 bits per heavy atom. The molecule has 0 bridgehead atoms. The standard InChI is InChI=1S/C17H19NOS/c19-17(11-10-14-7-4-12-20-14)18-16-9-3-6-13-5-1-2-8-15(13)16/h1-2,4-5,7-8,12,16H,3,6,9-11H2,(H,18,19)/t16-/m0/s1. The summed E-state index contributed by atoms with van der Waals surface area (Å²) in [7, 11) is 0. The summed E-state index contributed by atoms with van der Waals surface area (Å²) in [5.74, 6) is 0.167. The summed E-state index contributed by atoms with van der Waals surface area (Å²) in [6.07, 6.45) is 4.78. The molecule has 2 aromatic rings. The second kappa shape index (κ2) is 6.23. The van der Waals surface area contributed by atoms with Crippen molar-refractivity contribution < 1.29 is 4.79 Å². The molecule has 0 saturated heterocycles. The van der Waals surface area contributed by atoms with Gasteiger partial charge in [-0.15, -0.1) is 11.3 Å². The van der Waals surface area contributed by atoms with Crippen LogP contribution in [0.4, 0.5) is 0 Å². The molecule has 2 nitrogen and oxygen atoms in total. The van der Waals surface area contributed by atoms with Crippen LogP contribution in [0.1, 0.15) is 41.3 Å². The van der Waals surface area contributed by atoms with Crippen LogP contribution in [0.2, 0.25) is 0 Å². The number of amides is 1. The lowest BCUT2D eigenvalue weighted by Crippen LogP contribution is -2.31. The first-order valence-electron chi connectivity index (χ1n) is 7.22. The first-order chi connectivity index (χ1) is 9.83. The Kier molecular flexibility index (Phi) is 4.16. The molecule has 1 aromatic carbocycles. The Balaban J connectivity index is 1.59. The average Bonchev–Trinajstić information content (AvgIpc) is 2.99. The SMILES string of the molecule is O=C(CCc1cccs1)N[C@H]1CCCc2ccccc21. The van der Waals surface area contributed by atoms with Crippen LogP contribution in [0.25, 0.3) is 0 Å². The van der Waals surface area contributed by atoms with Crippen molar-refractivity contribution in [3.8, 4) is 0 Å². The molecule has 1 amide bonds. The van der Waals surface area contributed by atoms with Gasteiger partial charge in [0.1, 0.15) is 0 Å². The van der Waals surface area contributed by atoms with E-state index in [2.05, 4.69) is 41.0 Å². The van der Waals surface area contributed by atoms with E-state index in [0.29, 0.717) is 6.42 Å². The summed E-state index contributed by atoms with van der Waals surface area (Å²) in [6.45, 7) is 0. The highest BCUT2D eigenvalue weighted by Gasteiger charge is 2.21. The quantitative estimate of drug-likeness (QED) is 0.907. The van der Waals surface area contributed by atoms with Crippen LogP contribution in [0.5, 0.6) is 0 Å². The van der Waals surface area contributed by atoms with Crippen molar-refractivity contribution in [2.75, 3.05) is 0 Å². The number of rotatable bonds is 4. The Morgan fingerprint density at radius 3 is 3.00 bits per heavy atom. The lowest BCUT2D eigenvalue weighted by atomic mass is 9.87. The first-order valence-corrected chi connectivity index (χ1v) is 8.10. The van der Waals surface area contributed by atoms with Crippen LogP contribution < -0.4 is 5.32 Å². The van der Waals surface area contributed by atoms with Gasteiger partial charge in [-0.3, -0.25) is 4.79 Å². The van der Waals surface area contributed by atoms with Gasteiger partial charge in [-0.2, -0.15) is 0 Å². The lowest BCUT2D eigenvalue weighted by Gasteiger charge is -2.26. The van der Waals surface area contributed by atoms with E-state index in [-0.39, 0.29) is 11.9 Å². The van der Waals surface area contributed by atoms with E-state index in [9.17, 15) is 4.79 Å². The average molecular weight is 285 g/mol. The number of carbonyl (C=O) groups is 1. The fraction of sp³-hybridized carbons (Fsp3) is 0.353. The maximum atomic E-state index is 12.1. The van der Waals surface area contributed by atoms with Gasteiger partial charge in [0.15, 0.2) is 0 Å². The third-order valence-corrected chi connectivity index (χ3v) is 4.82. The zero-order valence-electron chi connectivity index (χ0n) is 11.5. The van der Waals surface area contributed by atoms with Crippen LogP contribution in [-0.2, 0) is 17.6 Å². The minimum absolute atomic E-state index is 0.167. The van der Waals surface area contributed by atoms with Crippen molar-refractivity contribution in [3.63, 3.8) is 0 Å². The molecular weight excluding hydrogens is 266 g/mol. The largest absolute Gasteiger partial charge is 0.349 e. The van der Waals surface area contributed by atoms with E-state index < -0.39 is 0 Å². The van der Waals surface area contributed by atoms with E-state index >= 15 is 0 Å². The van der Waals surface area contributed by atoms with E-state index in [1.807, 2.05) is 6.07 Å². The van der Waals surface area contributed by atoms with Crippen molar-refractivity contribution >= 4 is 17.2 Å². The molecular formula is C17H19NOS. The third-order valence-electron chi connectivity index (χ3n) is 3.88. The fourth-order valence-corrected chi connectivity index (χ4v) is 3.57. The number of hydrogen-bond donors (Lipinski definition) is 1. The van der Waals surface area contributed by atoms with Gasteiger partial charge in [-0.1, -0.05) is 30.3 Å².